The first-order valence-corrected chi connectivity index (χ1v) is 8.95. The van der Waals surface area contributed by atoms with Crippen molar-refractivity contribution in [3.05, 3.63) is 65.9 Å². The van der Waals surface area contributed by atoms with Gasteiger partial charge >= 0.3 is 0 Å². The average molecular weight is 395 g/mol. The molecular formula is C20H20FN6O2+. The number of aliphatic hydroxyl groups is 1. The Hall–Kier alpha value is -3.59. The average Bonchev–Trinajstić information content (AvgIpc) is 3.11. The third-order valence-electron chi connectivity index (χ3n) is 4.62. The zero-order valence-electron chi connectivity index (χ0n) is 15.9. The van der Waals surface area contributed by atoms with Gasteiger partial charge in [0.15, 0.2) is 0 Å². The van der Waals surface area contributed by atoms with Crippen molar-refractivity contribution in [2.24, 2.45) is 0 Å². The van der Waals surface area contributed by atoms with Crippen LogP contribution in [0.3, 0.4) is 0 Å². The summed E-state index contributed by atoms with van der Waals surface area (Å²) in [5, 5.41) is 29.5. The van der Waals surface area contributed by atoms with Crippen LogP contribution in [0.2, 0.25) is 0 Å². The van der Waals surface area contributed by atoms with Gasteiger partial charge in [-0.05, 0) is 32.0 Å². The summed E-state index contributed by atoms with van der Waals surface area (Å²) in [4.78, 5) is 4.07. The van der Waals surface area contributed by atoms with Crippen molar-refractivity contribution in [1.82, 2.24) is 20.0 Å². The standard InChI is InChI=1S/C20H20FN6O2/c1-20(2,28)17-8-3-5-12(27(17)29)10-26-11-16(24-25-26)14-9-18(22)23-19-13(14)6-4-7-15(19)21/h3-9,11,28-29H,10H2,1-2H3,(H2,22,23)/q+1. The van der Waals surface area contributed by atoms with Gasteiger partial charge in [-0.25, -0.2) is 14.1 Å². The molecule has 0 atom stereocenters. The lowest BCUT2D eigenvalue weighted by molar-refractivity contribution is -0.917. The number of hydrogen-bond acceptors (Lipinski definition) is 6. The van der Waals surface area contributed by atoms with Gasteiger partial charge in [-0.2, -0.15) is 0 Å². The number of anilines is 1. The van der Waals surface area contributed by atoms with Crippen LogP contribution in [-0.2, 0) is 12.1 Å². The number of hydrogen-bond donors (Lipinski definition) is 3. The van der Waals surface area contributed by atoms with Gasteiger partial charge in [0.25, 0.3) is 11.4 Å². The number of nitrogens with zero attached hydrogens (tertiary/aromatic N) is 5. The molecule has 0 bridgehead atoms. The SMILES string of the molecule is CC(C)(O)c1cccc(Cn2cc(-c3cc(N)nc4c(F)cccc34)nn2)[n+]1O. The van der Waals surface area contributed by atoms with Crippen LogP contribution < -0.4 is 10.5 Å². The van der Waals surface area contributed by atoms with Crippen molar-refractivity contribution in [2.75, 3.05) is 5.73 Å². The second kappa shape index (κ2) is 6.78. The van der Waals surface area contributed by atoms with E-state index in [1.807, 2.05) is 0 Å². The van der Waals surface area contributed by atoms with Crippen LogP contribution in [0.5, 0.6) is 0 Å². The maximum Gasteiger partial charge on any atom is 0.265 e. The molecule has 148 valence electrons. The van der Waals surface area contributed by atoms with E-state index in [9.17, 15) is 14.7 Å². The van der Waals surface area contributed by atoms with E-state index in [1.165, 1.54) is 10.7 Å². The van der Waals surface area contributed by atoms with Crippen LogP contribution in [0.1, 0.15) is 25.2 Å². The van der Waals surface area contributed by atoms with Crippen molar-refractivity contribution in [1.29, 1.82) is 0 Å². The summed E-state index contributed by atoms with van der Waals surface area (Å²) in [5.74, 6) is -0.286. The van der Waals surface area contributed by atoms with Crippen molar-refractivity contribution >= 4 is 16.7 Å². The van der Waals surface area contributed by atoms with Crippen LogP contribution in [0.15, 0.2) is 48.7 Å². The molecule has 9 heteroatoms. The van der Waals surface area contributed by atoms with Crippen molar-refractivity contribution in [3.63, 3.8) is 0 Å². The van der Waals surface area contributed by atoms with E-state index in [0.717, 1.165) is 4.73 Å². The molecule has 4 rings (SSSR count). The summed E-state index contributed by atoms with van der Waals surface area (Å²) in [6.45, 7) is 3.38. The fourth-order valence-electron chi connectivity index (χ4n) is 3.24. The maximum absolute atomic E-state index is 14.1. The van der Waals surface area contributed by atoms with E-state index in [4.69, 9.17) is 5.73 Å². The van der Waals surface area contributed by atoms with Gasteiger partial charge < -0.3 is 10.8 Å². The van der Waals surface area contributed by atoms with E-state index in [0.29, 0.717) is 28.0 Å². The highest BCUT2D eigenvalue weighted by Gasteiger charge is 2.30. The molecular weight excluding hydrogens is 375 g/mol. The normalized spacial score (nSPS) is 11.9. The smallest absolute Gasteiger partial charge is 0.265 e. The first-order chi connectivity index (χ1) is 13.7. The minimum Gasteiger partial charge on any atom is -0.384 e. The molecule has 1 aromatic carbocycles. The molecule has 0 unspecified atom stereocenters. The van der Waals surface area contributed by atoms with Gasteiger partial charge in [0.1, 0.15) is 35.0 Å². The summed E-state index contributed by atoms with van der Waals surface area (Å²) in [5.41, 5.74) is 6.76. The summed E-state index contributed by atoms with van der Waals surface area (Å²) < 4.78 is 16.6. The summed E-state index contributed by atoms with van der Waals surface area (Å²) in [6.07, 6.45) is 1.68. The van der Waals surface area contributed by atoms with Gasteiger partial charge in [-0.15, -0.1) is 5.10 Å². The Balaban J connectivity index is 1.73. The molecule has 3 aromatic heterocycles. The number of rotatable bonds is 4. The Morgan fingerprint density at radius 1 is 1.21 bits per heavy atom. The number of halogens is 1. The predicted octanol–water partition coefficient (Wildman–Crippen LogP) is 2.02. The van der Waals surface area contributed by atoms with Crippen molar-refractivity contribution < 1.29 is 19.4 Å². The molecule has 0 amide bonds. The zero-order chi connectivity index (χ0) is 20.8. The molecule has 3 heterocycles. The second-order valence-corrected chi connectivity index (χ2v) is 7.31. The molecule has 0 aliphatic carbocycles. The third kappa shape index (κ3) is 3.47. The lowest BCUT2D eigenvalue weighted by atomic mass is 10.0. The summed E-state index contributed by atoms with van der Waals surface area (Å²) >= 11 is 0. The largest absolute Gasteiger partial charge is 0.384 e. The highest BCUT2D eigenvalue weighted by atomic mass is 19.1. The molecule has 4 N–H and O–H groups in total. The first kappa shape index (κ1) is 18.8. The van der Waals surface area contributed by atoms with Gasteiger partial charge in [0.05, 0.1) is 6.20 Å². The Labute approximate surface area is 165 Å². The molecule has 0 saturated carbocycles. The predicted molar refractivity (Wildman–Crippen MR) is 103 cm³/mol. The van der Waals surface area contributed by atoms with Gasteiger partial charge in [0, 0.05) is 27.8 Å². The molecule has 29 heavy (non-hydrogen) atoms. The van der Waals surface area contributed by atoms with E-state index in [-0.39, 0.29) is 17.9 Å². The lowest BCUT2D eigenvalue weighted by Crippen LogP contribution is -2.45. The molecule has 0 aliphatic rings. The van der Waals surface area contributed by atoms with Crippen LogP contribution in [0.25, 0.3) is 22.2 Å². The number of benzene rings is 1. The minimum atomic E-state index is -1.21. The Morgan fingerprint density at radius 2 is 1.97 bits per heavy atom. The summed E-state index contributed by atoms with van der Waals surface area (Å²) in [6, 6.07) is 11.4. The second-order valence-electron chi connectivity index (χ2n) is 7.31. The molecule has 0 radical (unpaired) electrons. The number of fused-ring (bicyclic) bond motifs is 1. The van der Waals surface area contributed by atoms with E-state index >= 15 is 0 Å². The summed E-state index contributed by atoms with van der Waals surface area (Å²) in [7, 11) is 0. The number of nitrogen functional groups attached to an aromatic ring is 1. The molecule has 0 saturated heterocycles. The Bertz CT molecular complexity index is 1220. The molecule has 8 nitrogen and oxygen atoms in total. The van der Waals surface area contributed by atoms with Gasteiger partial charge in [-0.1, -0.05) is 17.3 Å². The third-order valence-corrected chi connectivity index (χ3v) is 4.62. The van der Waals surface area contributed by atoms with Crippen molar-refractivity contribution in [3.8, 4) is 11.3 Å². The quantitative estimate of drug-likeness (QED) is 0.360. The molecule has 0 aliphatic heterocycles. The Kier molecular flexibility index (Phi) is 4.39. The highest BCUT2D eigenvalue weighted by Crippen LogP contribution is 2.29. The minimum absolute atomic E-state index is 0.170. The number of pyridine rings is 2. The van der Waals surface area contributed by atoms with E-state index < -0.39 is 11.4 Å². The zero-order valence-corrected chi connectivity index (χ0v) is 15.9. The molecule has 0 fully saturated rings. The molecule has 0 spiro atoms. The number of aromatic nitrogens is 5. The monoisotopic (exact) mass is 395 g/mol. The lowest BCUT2D eigenvalue weighted by Gasteiger charge is -2.13. The number of nitrogens with two attached hydrogens (primary N) is 1. The van der Waals surface area contributed by atoms with Gasteiger partial charge in [0.2, 0.25) is 0 Å². The van der Waals surface area contributed by atoms with Crippen molar-refractivity contribution in [2.45, 2.75) is 26.0 Å². The fourth-order valence-corrected chi connectivity index (χ4v) is 3.24. The molecule has 4 aromatic rings. The fraction of sp³-hybridized carbons (Fsp3) is 0.200. The van der Waals surface area contributed by atoms with Gasteiger partial charge in [-0.3, -0.25) is 5.21 Å². The van der Waals surface area contributed by atoms with E-state index in [1.54, 1.807) is 56.4 Å². The Morgan fingerprint density at radius 3 is 2.72 bits per heavy atom. The maximum atomic E-state index is 14.1. The van der Waals surface area contributed by atoms with Crippen LogP contribution in [-0.4, -0.2) is 30.3 Å². The van der Waals surface area contributed by atoms with Crippen LogP contribution in [0.4, 0.5) is 10.2 Å². The highest BCUT2D eigenvalue weighted by molar-refractivity contribution is 5.95. The van der Waals surface area contributed by atoms with Crippen LogP contribution in [0, 0.1) is 5.82 Å². The first-order valence-electron chi connectivity index (χ1n) is 8.95. The van der Waals surface area contributed by atoms with Crippen LogP contribution >= 0.6 is 0 Å². The topological polar surface area (TPSA) is 114 Å². The number of para-hydroxylation sites is 1. The van der Waals surface area contributed by atoms with E-state index in [2.05, 4.69) is 15.3 Å².